The number of pyridine rings is 1. The molecule has 22 heavy (non-hydrogen) atoms. The van der Waals surface area contributed by atoms with Crippen LogP contribution in [0.3, 0.4) is 0 Å². The Morgan fingerprint density at radius 1 is 1.50 bits per heavy atom. The van der Waals surface area contributed by atoms with Crippen molar-refractivity contribution in [2.24, 2.45) is 0 Å². The number of esters is 1. The highest BCUT2D eigenvalue weighted by Gasteiger charge is 2.27. The number of hydrogen-bond donors (Lipinski definition) is 1. The molecule has 2 aromatic heterocycles. The van der Waals surface area contributed by atoms with Crippen molar-refractivity contribution < 1.29 is 9.53 Å². The summed E-state index contributed by atoms with van der Waals surface area (Å²) in [5.41, 5.74) is 3.79. The molecule has 5 heteroatoms. The SMILES string of the molecule is COC(=O)c1cc(CN2CCC[C@@H]2c2cccc(C)n2)c[nH]1. The lowest BCUT2D eigenvalue weighted by molar-refractivity contribution is 0.0595. The molecule has 1 aliphatic heterocycles. The van der Waals surface area contributed by atoms with Crippen molar-refractivity contribution in [2.75, 3.05) is 13.7 Å². The first kappa shape index (κ1) is 14.8. The van der Waals surface area contributed by atoms with Crippen molar-refractivity contribution in [1.29, 1.82) is 0 Å². The fourth-order valence-electron chi connectivity index (χ4n) is 3.09. The van der Waals surface area contributed by atoms with Crippen LogP contribution >= 0.6 is 0 Å². The summed E-state index contributed by atoms with van der Waals surface area (Å²) in [4.78, 5) is 21.6. The number of carbonyl (C=O) groups is 1. The molecule has 0 spiro atoms. The highest BCUT2D eigenvalue weighted by Crippen LogP contribution is 2.32. The lowest BCUT2D eigenvalue weighted by Crippen LogP contribution is -2.23. The molecule has 1 fully saturated rings. The number of carbonyl (C=O) groups excluding carboxylic acids is 1. The van der Waals surface area contributed by atoms with Gasteiger partial charge in [-0.25, -0.2) is 4.79 Å². The second kappa shape index (κ2) is 6.32. The number of likely N-dealkylation sites (tertiary alicyclic amines) is 1. The van der Waals surface area contributed by atoms with Crippen molar-refractivity contribution in [3.05, 3.63) is 53.1 Å². The van der Waals surface area contributed by atoms with Crippen molar-refractivity contribution in [3.8, 4) is 0 Å². The molecule has 2 aromatic rings. The van der Waals surface area contributed by atoms with E-state index in [1.54, 1.807) is 0 Å². The molecule has 3 heterocycles. The maximum Gasteiger partial charge on any atom is 0.354 e. The number of H-pyrrole nitrogens is 1. The van der Waals surface area contributed by atoms with Crippen molar-refractivity contribution >= 4 is 5.97 Å². The zero-order valence-electron chi connectivity index (χ0n) is 13.0. The second-order valence-corrected chi connectivity index (χ2v) is 5.75. The molecule has 0 bridgehead atoms. The van der Waals surface area contributed by atoms with E-state index in [-0.39, 0.29) is 5.97 Å². The number of rotatable bonds is 4. The summed E-state index contributed by atoms with van der Waals surface area (Å²) in [6.07, 6.45) is 4.19. The Balaban J connectivity index is 1.74. The van der Waals surface area contributed by atoms with Gasteiger partial charge in [-0.3, -0.25) is 9.88 Å². The van der Waals surface area contributed by atoms with Crippen molar-refractivity contribution in [1.82, 2.24) is 14.9 Å². The van der Waals surface area contributed by atoms with E-state index in [1.165, 1.54) is 13.5 Å². The van der Waals surface area contributed by atoms with Gasteiger partial charge in [-0.05, 0) is 50.1 Å². The van der Waals surface area contributed by atoms with Crippen LogP contribution < -0.4 is 0 Å². The van der Waals surface area contributed by atoms with Gasteiger partial charge in [-0.2, -0.15) is 0 Å². The number of nitrogens with one attached hydrogen (secondary N) is 1. The fourth-order valence-corrected chi connectivity index (χ4v) is 3.09. The van der Waals surface area contributed by atoms with E-state index in [0.717, 1.165) is 36.5 Å². The van der Waals surface area contributed by atoms with Gasteiger partial charge >= 0.3 is 5.97 Å². The Labute approximate surface area is 130 Å². The van der Waals surface area contributed by atoms with Crippen LogP contribution in [0.5, 0.6) is 0 Å². The molecule has 1 N–H and O–H groups in total. The number of aromatic nitrogens is 2. The minimum Gasteiger partial charge on any atom is -0.464 e. The summed E-state index contributed by atoms with van der Waals surface area (Å²) in [5.74, 6) is -0.329. The molecule has 0 saturated carbocycles. The average molecular weight is 299 g/mol. The van der Waals surface area contributed by atoms with E-state index in [0.29, 0.717) is 11.7 Å². The van der Waals surface area contributed by atoms with E-state index >= 15 is 0 Å². The van der Waals surface area contributed by atoms with Gasteiger partial charge in [-0.1, -0.05) is 6.07 Å². The molecular weight excluding hydrogens is 278 g/mol. The molecular formula is C17H21N3O2. The van der Waals surface area contributed by atoms with Crippen LogP contribution in [0.1, 0.15) is 46.3 Å². The van der Waals surface area contributed by atoms with E-state index < -0.39 is 0 Å². The molecule has 0 aromatic carbocycles. The lowest BCUT2D eigenvalue weighted by atomic mass is 10.1. The van der Waals surface area contributed by atoms with Gasteiger partial charge in [0.25, 0.3) is 0 Å². The molecule has 1 aliphatic rings. The minimum absolute atomic E-state index is 0.329. The molecule has 5 nitrogen and oxygen atoms in total. The Morgan fingerprint density at radius 2 is 2.36 bits per heavy atom. The Bertz CT molecular complexity index is 665. The van der Waals surface area contributed by atoms with Crippen LogP contribution in [0, 0.1) is 6.92 Å². The first-order valence-corrected chi connectivity index (χ1v) is 7.60. The van der Waals surface area contributed by atoms with Crippen LogP contribution in [-0.4, -0.2) is 34.5 Å². The largest absolute Gasteiger partial charge is 0.464 e. The predicted octanol–water partition coefficient (Wildman–Crippen LogP) is 2.84. The normalized spacial score (nSPS) is 18.5. The van der Waals surface area contributed by atoms with Crippen molar-refractivity contribution in [2.45, 2.75) is 32.4 Å². The molecule has 3 rings (SSSR count). The number of ether oxygens (including phenoxy) is 1. The summed E-state index contributed by atoms with van der Waals surface area (Å²) in [5, 5.41) is 0. The molecule has 1 saturated heterocycles. The van der Waals surface area contributed by atoms with Crippen molar-refractivity contribution in [3.63, 3.8) is 0 Å². The van der Waals surface area contributed by atoms with Crippen LogP contribution in [0.25, 0.3) is 0 Å². The highest BCUT2D eigenvalue weighted by molar-refractivity contribution is 5.87. The summed E-state index contributed by atoms with van der Waals surface area (Å²) in [7, 11) is 1.39. The number of nitrogens with zero attached hydrogens (tertiary/aromatic N) is 2. The van der Waals surface area contributed by atoms with E-state index in [2.05, 4.69) is 27.0 Å². The summed E-state index contributed by atoms with van der Waals surface area (Å²) < 4.78 is 4.73. The van der Waals surface area contributed by atoms with Gasteiger partial charge in [0.1, 0.15) is 5.69 Å². The van der Waals surface area contributed by atoms with Gasteiger partial charge in [0.2, 0.25) is 0 Å². The molecule has 0 aliphatic carbocycles. The smallest absolute Gasteiger partial charge is 0.354 e. The maximum atomic E-state index is 11.5. The quantitative estimate of drug-likeness (QED) is 0.882. The number of hydrogen-bond acceptors (Lipinski definition) is 4. The van der Waals surface area contributed by atoms with E-state index in [9.17, 15) is 4.79 Å². The summed E-state index contributed by atoms with van der Waals surface area (Å²) >= 11 is 0. The Hall–Kier alpha value is -2.14. The number of aryl methyl sites for hydroxylation is 1. The van der Waals surface area contributed by atoms with Crippen LogP contribution in [-0.2, 0) is 11.3 Å². The van der Waals surface area contributed by atoms with Gasteiger partial charge in [0, 0.05) is 18.4 Å². The van der Waals surface area contributed by atoms with Gasteiger partial charge in [0.05, 0.1) is 18.8 Å². The monoisotopic (exact) mass is 299 g/mol. The zero-order valence-corrected chi connectivity index (χ0v) is 13.0. The third-order valence-electron chi connectivity index (χ3n) is 4.15. The Morgan fingerprint density at radius 3 is 3.14 bits per heavy atom. The predicted molar refractivity (Wildman–Crippen MR) is 83.5 cm³/mol. The third-order valence-corrected chi connectivity index (χ3v) is 4.15. The number of methoxy groups -OCH3 is 1. The first-order chi connectivity index (χ1) is 10.7. The minimum atomic E-state index is -0.329. The van der Waals surface area contributed by atoms with Crippen LogP contribution in [0.4, 0.5) is 0 Å². The maximum absolute atomic E-state index is 11.5. The average Bonchev–Trinajstić information content (AvgIpc) is 3.16. The first-order valence-electron chi connectivity index (χ1n) is 7.60. The van der Waals surface area contributed by atoms with Crippen LogP contribution in [0.15, 0.2) is 30.5 Å². The van der Waals surface area contributed by atoms with Gasteiger partial charge in [0.15, 0.2) is 0 Å². The second-order valence-electron chi connectivity index (χ2n) is 5.75. The highest BCUT2D eigenvalue weighted by atomic mass is 16.5. The molecule has 0 unspecified atom stereocenters. The summed E-state index contributed by atoms with van der Waals surface area (Å²) in [6, 6.07) is 8.42. The molecule has 1 atom stereocenters. The van der Waals surface area contributed by atoms with Crippen LogP contribution in [0.2, 0.25) is 0 Å². The summed E-state index contributed by atoms with van der Waals surface area (Å²) in [6.45, 7) is 3.89. The lowest BCUT2D eigenvalue weighted by Gasteiger charge is -2.23. The van der Waals surface area contributed by atoms with E-state index in [1.807, 2.05) is 25.3 Å². The topological polar surface area (TPSA) is 58.2 Å². The molecule has 116 valence electrons. The number of aromatic amines is 1. The third kappa shape index (κ3) is 3.04. The van der Waals surface area contributed by atoms with Gasteiger partial charge in [-0.15, -0.1) is 0 Å². The fraction of sp³-hybridized carbons (Fsp3) is 0.412. The van der Waals surface area contributed by atoms with Gasteiger partial charge < -0.3 is 9.72 Å². The van der Waals surface area contributed by atoms with E-state index in [4.69, 9.17) is 4.74 Å². The molecule has 0 radical (unpaired) electrons. The standard InChI is InChI=1S/C17H21N3O2/c1-12-5-3-6-14(19-12)16-7-4-8-20(16)11-13-9-15(18-10-13)17(21)22-2/h3,5-6,9-10,16,18H,4,7-8,11H2,1-2H3/t16-/m1/s1. The Kier molecular flexibility index (Phi) is 4.24. The zero-order chi connectivity index (χ0) is 15.5. The molecule has 0 amide bonds.